The highest BCUT2D eigenvalue weighted by atomic mass is 35.5. The van der Waals surface area contributed by atoms with E-state index >= 15 is 0 Å². The summed E-state index contributed by atoms with van der Waals surface area (Å²) in [5.41, 5.74) is 2.98. The second-order valence-electron chi connectivity index (χ2n) is 6.63. The zero-order valence-corrected chi connectivity index (χ0v) is 16.4. The third-order valence-corrected chi connectivity index (χ3v) is 5.17. The second kappa shape index (κ2) is 8.21. The molecule has 0 bridgehead atoms. The summed E-state index contributed by atoms with van der Waals surface area (Å²) >= 11 is 12.1. The minimum absolute atomic E-state index is 0.0477. The van der Waals surface area contributed by atoms with Crippen LogP contribution in [0.2, 0.25) is 10.0 Å². The minimum Gasteiger partial charge on any atom is -0.352 e. The molecule has 0 spiro atoms. The van der Waals surface area contributed by atoms with Crippen molar-refractivity contribution in [3.63, 3.8) is 0 Å². The Morgan fingerprint density at radius 2 is 1.54 bits per heavy atom. The fraction of sp³-hybridized carbons (Fsp3) is 0.136. The quantitative estimate of drug-likeness (QED) is 0.578. The largest absolute Gasteiger partial charge is 0.352 e. The highest BCUT2D eigenvalue weighted by Gasteiger charge is 2.31. The number of nitrogens with zero attached hydrogens (tertiary/aromatic N) is 1. The molecule has 0 aromatic heterocycles. The Labute approximate surface area is 173 Å². The molecule has 142 valence electrons. The van der Waals surface area contributed by atoms with Gasteiger partial charge in [-0.15, -0.1) is 0 Å². The van der Waals surface area contributed by atoms with Gasteiger partial charge >= 0.3 is 0 Å². The molecule has 2 atom stereocenters. The molecule has 4 rings (SSSR count). The zero-order valence-electron chi connectivity index (χ0n) is 14.9. The molecule has 3 nitrogen and oxygen atoms in total. The molecule has 0 fully saturated rings. The molecule has 3 aromatic rings. The summed E-state index contributed by atoms with van der Waals surface area (Å²) in [6.07, 6.45) is 0. The normalized spacial score (nSPS) is 18.5. The van der Waals surface area contributed by atoms with Crippen LogP contribution in [0.1, 0.15) is 28.8 Å². The smallest absolute Gasteiger partial charge is 0.192 e. The molecular weight excluding hydrogens is 396 g/mol. The van der Waals surface area contributed by atoms with Crippen molar-refractivity contribution in [1.82, 2.24) is 10.6 Å². The average Bonchev–Trinajstić information content (AvgIpc) is 3.12. The molecule has 0 radical (unpaired) electrons. The number of benzene rings is 3. The van der Waals surface area contributed by atoms with Crippen molar-refractivity contribution in [1.29, 1.82) is 0 Å². The Balaban J connectivity index is 1.58. The van der Waals surface area contributed by atoms with E-state index in [1.54, 1.807) is 6.07 Å². The van der Waals surface area contributed by atoms with Crippen molar-refractivity contribution >= 4 is 29.2 Å². The van der Waals surface area contributed by atoms with Gasteiger partial charge in [-0.25, -0.2) is 9.38 Å². The molecule has 0 amide bonds. The predicted octanol–water partition coefficient (Wildman–Crippen LogP) is 5.66. The minimum atomic E-state index is -0.251. The lowest BCUT2D eigenvalue weighted by molar-refractivity contribution is 0.570. The predicted molar refractivity (Wildman–Crippen MR) is 112 cm³/mol. The molecule has 3 aromatic carbocycles. The SMILES string of the molecule is Fc1cccc(CNC2=NC(c3ccc(Cl)cc3)C(c3ccc(Cl)cc3)N2)c1. The molecule has 28 heavy (non-hydrogen) atoms. The van der Waals surface area contributed by atoms with E-state index in [2.05, 4.69) is 10.6 Å². The average molecular weight is 414 g/mol. The molecular formula is C22H18Cl2FN3. The summed E-state index contributed by atoms with van der Waals surface area (Å²) in [7, 11) is 0. The monoisotopic (exact) mass is 413 g/mol. The van der Waals surface area contributed by atoms with Gasteiger partial charge in [0, 0.05) is 16.6 Å². The zero-order chi connectivity index (χ0) is 19.5. The molecule has 0 aliphatic carbocycles. The summed E-state index contributed by atoms with van der Waals surface area (Å²) in [4.78, 5) is 4.83. The van der Waals surface area contributed by atoms with Gasteiger partial charge in [0.2, 0.25) is 0 Å². The summed E-state index contributed by atoms with van der Waals surface area (Å²) in [6, 6.07) is 21.8. The molecule has 0 saturated heterocycles. The topological polar surface area (TPSA) is 36.4 Å². The van der Waals surface area contributed by atoms with Crippen LogP contribution in [0.25, 0.3) is 0 Å². The molecule has 1 aliphatic heterocycles. The van der Waals surface area contributed by atoms with Crippen LogP contribution >= 0.6 is 23.2 Å². The second-order valence-corrected chi connectivity index (χ2v) is 7.50. The van der Waals surface area contributed by atoms with Gasteiger partial charge in [-0.2, -0.15) is 0 Å². The first-order valence-electron chi connectivity index (χ1n) is 8.92. The van der Waals surface area contributed by atoms with Crippen LogP contribution < -0.4 is 10.6 Å². The Morgan fingerprint density at radius 3 is 2.18 bits per heavy atom. The number of nitrogens with one attached hydrogen (secondary N) is 2. The van der Waals surface area contributed by atoms with E-state index in [0.717, 1.165) is 16.7 Å². The number of guanidine groups is 1. The molecule has 2 N–H and O–H groups in total. The van der Waals surface area contributed by atoms with Gasteiger partial charge in [0.25, 0.3) is 0 Å². The van der Waals surface area contributed by atoms with E-state index in [1.807, 2.05) is 54.6 Å². The summed E-state index contributed by atoms with van der Waals surface area (Å²) in [5, 5.41) is 8.09. The standard InChI is InChI=1S/C22H18Cl2FN3/c23-17-8-4-15(5-9-17)20-21(16-6-10-18(24)11-7-16)28-22(27-20)26-13-14-2-1-3-19(25)12-14/h1-12,20-21H,13H2,(H2,26,27,28). The highest BCUT2D eigenvalue weighted by Crippen LogP contribution is 2.36. The molecule has 1 heterocycles. The molecule has 2 unspecified atom stereocenters. The van der Waals surface area contributed by atoms with Crippen molar-refractivity contribution in [2.45, 2.75) is 18.6 Å². The summed E-state index contributed by atoms with van der Waals surface area (Å²) < 4.78 is 13.4. The van der Waals surface area contributed by atoms with Crippen LogP contribution in [0, 0.1) is 5.82 Å². The highest BCUT2D eigenvalue weighted by molar-refractivity contribution is 6.30. The summed E-state index contributed by atoms with van der Waals surface area (Å²) in [5.74, 6) is 0.419. The van der Waals surface area contributed by atoms with Crippen molar-refractivity contribution < 1.29 is 4.39 Å². The number of hydrogen-bond acceptors (Lipinski definition) is 3. The lowest BCUT2D eigenvalue weighted by Gasteiger charge is -2.20. The third-order valence-electron chi connectivity index (χ3n) is 4.67. The van der Waals surface area contributed by atoms with Gasteiger partial charge in [-0.3, -0.25) is 0 Å². The maximum Gasteiger partial charge on any atom is 0.192 e. The van der Waals surface area contributed by atoms with Gasteiger partial charge < -0.3 is 10.6 Å². The first kappa shape index (κ1) is 18.8. The van der Waals surface area contributed by atoms with Gasteiger partial charge in [0.15, 0.2) is 5.96 Å². The third kappa shape index (κ3) is 4.29. The van der Waals surface area contributed by atoms with Gasteiger partial charge in [-0.1, -0.05) is 59.6 Å². The lowest BCUT2D eigenvalue weighted by atomic mass is 9.95. The van der Waals surface area contributed by atoms with E-state index < -0.39 is 0 Å². The van der Waals surface area contributed by atoms with Crippen LogP contribution in [0.15, 0.2) is 77.8 Å². The Kier molecular flexibility index (Phi) is 5.51. The fourth-order valence-corrected chi connectivity index (χ4v) is 3.52. The van der Waals surface area contributed by atoms with Crippen LogP contribution in [0.3, 0.4) is 0 Å². The maximum absolute atomic E-state index is 13.4. The van der Waals surface area contributed by atoms with Crippen LogP contribution in [-0.4, -0.2) is 5.96 Å². The van der Waals surface area contributed by atoms with Gasteiger partial charge in [-0.05, 0) is 53.1 Å². The van der Waals surface area contributed by atoms with Crippen LogP contribution in [0.4, 0.5) is 4.39 Å². The first-order valence-corrected chi connectivity index (χ1v) is 9.68. The van der Waals surface area contributed by atoms with E-state index in [4.69, 9.17) is 28.2 Å². The van der Waals surface area contributed by atoms with E-state index in [-0.39, 0.29) is 17.9 Å². The molecule has 1 aliphatic rings. The Bertz CT molecular complexity index is 987. The number of hydrogen-bond donors (Lipinski definition) is 2. The lowest BCUT2D eigenvalue weighted by Crippen LogP contribution is -2.35. The fourth-order valence-electron chi connectivity index (χ4n) is 3.27. The van der Waals surface area contributed by atoms with Gasteiger partial charge in [0.1, 0.15) is 11.9 Å². The van der Waals surface area contributed by atoms with Gasteiger partial charge in [0.05, 0.1) is 6.04 Å². The van der Waals surface area contributed by atoms with Crippen LogP contribution in [0.5, 0.6) is 0 Å². The van der Waals surface area contributed by atoms with E-state index in [9.17, 15) is 4.39 Å². The van der Waals surface area contributed by atoms with Crippen LogP contribution in [-0.2, 0) is 6.54 Å². The molecule has 6 heteroatoms. The number of halogens is 3. The van der Waals surface area contributed by atoms with Crippen molar-refractivity contribution in [2.24, 2.45) is 4.99 Å². The maximum atomic E-state index is 13.4. The number of aliphatic imine (C=N–C) groups is 1. The van der Waals surface area contributed by atoms with E-state index in [0.29, 0.717) is 22.5 Å². The number of rotatable bonds is 4. The van der Waals surface area contributed by atoms with Crippen molar-refractivity contribution in [3.05, 3.63) is 105 Å². The molecule has 0 saturated carbocycles. The summed E-state index contributed by atoms with van der Waals surface area (Å²) in [6.45, 7) is 0.476. The Hall–Kier alpha value is -2.56. The Morgan fingerprint density at radius 1 is 0.893 bits per heavy atom. The van der Waals surface area contributed by atoms with Crippen molar-refractivity contribution in [2.75, 3.05) is 0 Å². The van der Waals surface area contributed by atoms with Crippen molar-refractivity contribution in [3.8, 4) is 0 Å². The first-order chi connectivity index (χ1) is 13.6. The van der Waals surface area contributed by atoms with E-state index in [1.165, 1.54) is 12.1 Å².